The number of benzene rings is 2. The van der Waals surface area contributed by atoms with E-state index < -0.39 is 12.0 Å². The lowest BCUT2D eigenvalue weighted by molar-refractivity contribution is -0.139. The number of nitrogens with zero attached hydrogens (tertiary/aromatic N) is 3. The molecular weight excluding hydrogens is 562 g/mol. The SMILES string of the molecule is CCOC(=O)C1=C(C)N=c2s/c(=C/c3cc(C)n(-c4ccc(C(=O)OC)cc4)c3C)c(=O)n2[C@H]1c1ccc(C(C)C)cc1. The zero-order valence-electron chi connectivity index (χ0n) is 25.4. The summed E-state index contributed by atoms with van der Waals surface area (Å²) in [6.07, 6.45) is 1.88. The summed E-state index contributed by atoms with van der Waals surface area (Å²) in [4.78, 5) is 44.4. The third-order valence-electron chi connectivity index (χ3n) is 7.74. The summed E-state index contributed by atoms with van der Waals surface area (Å²) in [6.45, 7) is 12.0. The molecule has 9 heteroatoms. The molecule has 222 valence electrons. The van der Waals surface area contributed by atoms with Crippen LogP contribution >= 0.6 is 11.3 Å². The topological polar surface area (TPSA) is 91.9 Å². The van der Waals surface area contributed by atoms with Gasteiger partial charge in [0.15, 0.2) is 4.80 Å². The highest BCUT2D eigenvalue weighted by molar-refractivity contribution is 7.07. The van der Waals surface area contributed by atoms with Gasteiger partial charge in [-0.15, -0.1) is 0 Å². The third-order valence-corrected chi connectivity index (χ3v) is 8.72. The fraction of sp³-hybridized carbons (Fsp3) is 0.294. The molecule has 2 aromatic carbocycles. The number of esters is 2. The fourth-order valence-electron chi connectivity index (χ4n) is 5.51. The minimum absolute atomic E-state index is 0.219. The molecule has 3 heterocycles. The second-order valence-electron chi connectivity index (χ2n) is 10.8. The minimum atomic E-state index is -0.653. The number of aryl methyl sites for hydroxylation is 1. The maximum Gasteiger partial charge on any atom is 0.338 e. The highest BCUT2D eigenvalue weighted by Crippen LogP contribution is 2.31. The Morgan fingerprint density at radius 3 is 2.30 bits per heavy atom. The summed E-state index contributed by atoms with van der Waals surface area (Å²) < 4.78 is 14.4. The molecule has 0 saturated heterocycles. The predicted molar refractivity (Wildman–Crippen MR) is 168 cm³/mol. The van der Waals surface area contributed by atoms with E-state index in [9.17, 15) is 14.4 Å². The molecule has 0 bridgehead atoms. The van der Waals surface area contributed by atoms with E-state index in [-0.39, 0.29) is 18.1 Å². The van der Waals surface area contributed by atoms with E-state index in [4.69, 9.17) is 14.5 Å². The number of thiazole rings is 1. The molecule has 0 spiro atoms. The molecule has 0 fully saturated rings. The lowest BCUT2D eigenvalue weighted by Gasteiger charge is -2.25. The van der Waals surface area contributed by atoms with Gasteiger partial charge in [0.1, 0.15) is 0 Å². The van der Waals surface area contributed by atoms with Gasteiger partial charge in [0.05, 0.1) is 41.1 Å². The monoisotopic (exact) mass is 597 g/mol. The number of allylic oxidation sites excluding steroid dienone is 1. The van der Waals surface area contributed by atoms with Crippen LogP contribution in [0.15, 0.2) is 75.7 Å². The average Bonchev–Trinajstić information content (AvgIpc) is 3.45. The number of carbonyl (C=O) groups is 2. The van der Waals surface area contributed by atoms with Gasteiger partial charge in [-0.25, -0.2) is 14.6 Å². The van der Waals surface area contributed by atoms with Gasteiger partial charge >= 0.3 is 11.9 Å². The van der Waals surface area contributed by atoms with Gasteiger partial charge < -0.3 is 14.0 Å². The van der Waals surface area contributed by atoms with Gasteiger partial charge in [-0.1, -0.05) is 49.4 Å². The smallest absolute Gasteiger partial charge is 0.338 e. The Kier molecular flexibility index (Phi) is 8.37. The van der Waals surface area contributed by atoms with Crippen molar-refractivity contribution in [1.29, 1.82) is 0 Å². The quantitative estimate of drug-likeness (QED) is 0.276. The van der Waals surface area contributed by atoms with Crippen LogP contribution in [0.3, 0.4) is 0 Å². The summed E-state index contributed by atoms with van der Waals surface area (Å²) in [5.74, 6) is -0.514. The van der Waals surface area contributed by atoms with Crippen LogP contribution < -0.4 is 14.9 Å². The number of methoxy groups -OCH3 is 1. The van der Waals surface area contributed by atoms with E-state index in [1.807, 2.05) is 62.4 Å². The Labute approximate surface area is 254 Å². The molecule has 1 atom stereocenters. The maximum absolute atomic E-state index is 14.1. The Hall–Kier alpha value is -4.50. The number of hydrogen-bond acceptors (Lipinski definition) is 7. The second-order valence-corrected chi connectivity index (χ2v) is 11.8. The van der Waals surface area contributed by atoms with Crippen LogP contribution in [0, 0.1) is 13.8 Å². The van der Waals surface area contributed by atoms with Crippen molar-refractivity contribution in [2.75, 3.05) is 13.7 Å². The number of ether oxygens (including phenoxy) is 2. The van der Waals surface area contributed by atoms with E-state index in [1.54, 1.807) is 30.5 Å². The molecule has 5 rings (SSSR count). The van der Waals surface area contributed by atoms with Crippen LogP contribution in [0.25, 0.3) is 11.8 Å². The van der Waals surface area contributed by atoms with Crippen molar-refractivity contribution in [3.05, 3.63) is 119 Å². The van der Waals surface area contributed by atoms with E-state index >= 15 is 0 Å². The van der Waals surface area contributed by atoms with Crippen molar-refractivity contribution < 1.29 is 19.1 Å². The molecule has 8 nitrogen and oxygen atoms in total. The first-order valence-corrected chi connectivity index (χ1v) is 15.0. The molecule has 2 aromatic heterocycles. The lowest BCUT2D eigenvalue weighted by Crippen LogP contribution is -2.39. The normalized spacial score (nSPS) is 15.0. The van der Waals surface area contributed by atoms with Crippen molar-refractivity contribution in [2.45, 2.75) is 53.5 Å². The van der Waals surface area contributed by atoms with Gasteiger partial charge in [-0.2, -0.15) is 0 Å². The van der Waals surface area contributed by atoms with Crippen molar-refractivity contribution in [1.82, 2.24) is 9.13 Å². The number of hydrogen-bond donors (Lipinski definition) is 0. The van der Waals surface area contributed by atoms with Crippen LogP contribution in [-0.4, -0.2) is 34.8 Å². The second kappa shape index (κ2) is 12.0. The number of rotatable bonds is 7. The van der Waals surface area contributed by atoms with E-state index in [2.05, 4.69) is 18.4 Å². The van der Waals surface area contributed by atoms with Crippen LogP contribution in [0.1, 0.15) is 78.1 Å². The molecule has 0 aliphatic carbocycles. The number of fused-ring (bicyclic) bond motifs is 1. The van der Waals surface area contributed by atoms with Crippen LogP contribution in [0.4, 0.5) is 0 Å². The van der Waals surface area contributed by atoms with Crippen LogP contribution in [-0.2, 0) is 14.3 Å². The molecule has 1 aliphatic heterocycles. The fourth-order valence-corrected chi connectivity index (χ4v) is 6.54. The Morgan fingerprint density at radius 2 is 1.70 bits per heavy atom. The molecule has 0 saturated carbocycles. The molecular formula is C34H35N3O5S. The molecule has 43 heavy (non-hydrogen) atoms. The van der Waals surface area contributed by atoms with Crippen molar-refractivity contribution in [2.24, 2.45) is 4.99 Å². The first kappa shape index (κ1) is 30.0. The van der Waals surface area contributed by atoms with Crippen molar-refractivity contribution in [3.63, 3.8) is 0 Å². The van der Waals surface area contributed by atoms with Gasteiger partial charge in [-0.3, -0.25) is 9.36 Å². The Bertz CT molecular complexity index is 1920. The highest BCUT2D eigenvalue weighted by atomic mass is 32.1. The molecule has 1 aliphatic rings. The predicted octanol–water partition coefficient (Wildman–Crippen LogP) is 5.12. The van der Waals surface area contributed by atoms with E-state index in [0.29, 0.717) is 32.1 Å². The first-order valence-electron chi connectivity index (χ1n) is 14.2. The summed E-state index contributed by atoms with van der Waals surface area (Å²) >= 11 is 1.30. The Balaban J connectivity index is 1.63. The zero-order chi connectivity index (χ0) is 31.0. The largest absolute Gasteiger partial charge is 0.465 e. The van der Waals surface area contributed by atoms with Crippen molar-refractivity contribution >= 4 is 29.4 Å². The standard InChI is InChI=1S/C34H35N3O5S/c1-8-42-33(40)29-21(5)35-34-37(30(29)24-11-9-23(10-12-24)19(2)3)31(38)28(43-34)18-26-17-20(4)36(22(26)6)27-15-13-25(14-16-27)32(39)41-7/h9-19,30H,8H2,1-7H3/b28-18+/t30-/m0/s1. The lowest BCUT2D eigenvalue weighted by atomic mass is 9.93. The summed E-state index contributed by atoms with van der Waals surface area (Å²) in [6, 6.07) is 16.6. The Morgan fingerprint density at radius 1 is 1.02 bits per heavy atom. The molecule has 0 unspecified atom stereocenters. The molecule has 0 N–H and O–H groups in total. The highest BCUT2D eigenvalue weighted by Gasteiger charge is 2.33. The minimum Gasteiger partial charge on any atom is -0.465 e. The summed E-state index contributed by atoms with van der Waals surface area (Å²) in [7, 11) is 1.36. The van der Waals surface area contributed by atoms with E-state index in [1.165, 1.54) is 24.0 Å². The van der Waals surface area contributed by atoms with E-state index in [0.717, 1.165) is 28.2 Å². The van der Waals surface area contributed by atoms with Crippen LogP contribution in [0.5, 0.6) is 0 Å². The first-order chi connectivity index (χ1) is 20.5. The van der Waals surface area contributed by atoms with Gasteiger partial charge in [0.25, 0.3) is 5.56 Å². The zero-order valence-corrected chi connectivity index (χ0v) is 26.2. The number of aromatic nitrogens is 2. The number of carbonyl (C=O) groups excluding carboxylic acids is 2. The maximum atomic E-state index is 14.1. The van der Waals surface area contributed by atoms with Gasteiger partial charge in [0.2, 0.25) is 0 Å². The van der Waals surface area contributed by atoms with Gasteiger partial charge in [-0.05, 0) is 86.7 Å². The van der Waals surface area contributed by atoms with Gasteiger partial charge in [0, 0.05) is 17.1 Å². The third kappa shape index (κ3) is 5.52. The molecule has 0 radical (unpaired) electrons. The molecule has 0 amide bonds. The summed E-state index contributed by atoms with van der Waals surface area (Å²) in [5, 5.41) is 0. The average molecular weight is 598 g/mol. The van der Waals surface area contributed by atoms with Crippen molar-refractivity contribution in [3.8, 4) is 5.69 Å². The summed E-state index contributed by atoms with van der Waals surface area (Å²) in [5.41, 5.74) is 6.85. The van der Waals surface area contributed by atoms with Crippen LogP contribution in [0.2, 0.25) is 0 Å². The molecule has 4 aromatic rings.